The first-order valence-electron chi connectivity index (χ1n) is 16.4. The maximum atomic E-state index is 14.7. The molecule has 4 amide bonds. The van der Waals surface area contributed by atoms with E-state index in [9.17, 15) is 33.8 Å². The molecule has 4 aromatic carbocycles. The Labute approximate surface area is 286 Å². The SMILES string of the molecule is C[C@@]12C(=O)N(c3ccc(F)c(Cl)c3)C(=O)[C@@H]1C[C@@H]1C(=CC[C@@H]3C(=O)N(CCc4ccc(O)cc4)C(=O)[C@@H]31)[C@@H]2c1ccc2ccccc2c1O. The van der Waals surface area contributed by atoms with Crippen LogP contribution < -0.4 is 4.90 Å². The Hall–Kier alpha value is -5.02. The van der Waals surface area contributed by atoms with Crippen LogP contribution in [0.3, 0.4) is 0 Å². The second-order valence-electron chi connectivity index (χ2n) is 13.7. The number of rotatable bonds is 5. The highest BCUT2D eigenvalue weighted by Gasteiger charge is 2.68. The maximum absolute atomic E-state index is 14.7. The van der Waals surface area contributed by atoms with Gasteiger partial charge in [-0.3, -0.25) is 24.1 Å². The van der Waals surface area contributed by atoms with Crippen molar-refractivity contribution in [2.75, 3.05) is 11.4 Å². The van der Waals surface area contributed by atoms with Gasteiger partial charge < -0.3 is 10.2 Å². The topological polar surface area (TPSA) is 115 Å². The fraction of sp³-hybridized carbons (Fsp3) is 0.282. The van der Waals surface area contributed by atoms with E-state index in [2.05, 4.69) is 0 Å². The van der Waals surface area contributed by atoms with Crippen molar-refractivity contribution in [3.8, 4) is 11.5 Å². The molecule has 49 heavy (non-hydrogen) atoms. The Morgan fingerprint density at radius 1 is 0.898 bits per heavy atom. The highest BCUT2D eigenvalue weighted by Crippen LogP contribution is 2.64. The number of allylic oxidation sites excluding steroid dienone is 2. The third-order valence-electron chi connectivity index (χ3n) is 11.3. The molecule has 1 saturated carbocycles. The number of carbonyl (C=O) groups excluding carboxylic acids is 4. The van der Waals surface area contributed by atoms with Gasteiger partial charge in [-0.05, 0) is 73.4 Å². The first kappa shape index (κ1) is 31.3. The second-order valence-corrected chi connectivity index (χ2v) is 14.1. The average Bonchev–Trinajstić information content (AvgIpc) is 3.45. The zero-order chi connectivity index (χ0) is 34.4. The number of halogens is 2. The fourth-order valence-corrected chi connectivity index (χ4v) is 9.10. The first-order chi connectivity index (χ1) is 23.5. The molecule has 10 heteroatoms. The molecule has 2 aliphatic heterocycles. The van der Waals surface area contributed by atoms with Gasteiger partial charge in [0.1, 0.15) is 17.3 Å². The molecule has 2 heterocycles. The summed E-state index contributed by atoms with van der Waals surface area (Å²) in [5.41, 5.74) is 0.843. The number of fused-ring (bicyclic) bond motifs is 5. The molecule has 4 aliphatic rings. The zero-order valence-electron chi connectivity index (χ0n) is 26.5. The van der Waals surface area contributed by atoms with Gasteiger partial charge in [-0.15, -0.1) is 0 Å². The molecule has 3 fully saturated rings. The van der Waals surface area contributed by atoms with E-state index in [1.807, 2.05) is 30.3 Å². The first-order valence-corrected chi connectivity index (χ1v) is 16.8. The lowest BCUT2D eigenvalue weighted by molar-refractivity contribution is -0.140. The van der Waals surface area contributed by atoms with E-state index in [1.165, 1.54) is 17.0 Å². The Balaban J connectivity index is 1.23. The summed E-state index contributed by atoms with van der Waals surface area (Å²) in [7, 11) is 0. The molecular weight excluding hydrogens is 647 g/mol. The molecule has 2 N–H and O–H groups in total. The van der Waals surface area contributed by atoms with Crippen LogP contribution >= 0.6 is 11.6 Å². The molecule has 0 unspecified atom stereocenters. The number of amides is 4. The van der Waals surface area contributed by atoms with Crippen LogP contribution in [0, 0.1) is 34.9 Å². The standard InChI is InChI=1S/C39H32ClFN2O6/c1-39-29(36(47)43(38(39)49)22-9-15-31(41)30(40)18-22)19-28-25(33(39)27-12-8-21-4-2-3-5-24(21)34(27)45)13-14-26-32(28)37(48)42(35(26)46)17-16-20-6-10-23(44)11-7-20/h2-13,15,18,26,28-29,32-33,44-45H,14,16-17,19H2,1H3/t26-,28+,29-,32-,33+,39+/m0/s1. The van der Waals surface area contributed by atoms with E-state index >= 15 is 0 Å². The molecule has 4 aromatic rings. The molecule has 2 aliphatic carbocycles. The van der Waals surface area contributed by atoms with Gasteiger partial charge in [0.15, 0.2) is 0 Å². The van der Waals surface area contributed by atoms with Crippen molar-refractivity contribution < 1.29 is 33.8 Å². The van der Waals surface area contributed by atoms with Gasteiger partial charge in [0.05, 0.1) is 33.9 Å². The number of phenols is 2. The van der Waals surface area contributed by atoms with Crippen LogP contribution in [0.4, 0.5) is 10.1 Å². The summed E-state index contributed by atoms with van der Waals surface area (Å²) >= 11 is 6.10. The lowest BCUT2D eigenvalue weighted by atomic mass is 9.51. The normalized spacial score (nSPS) is 27.7. The molecule has 8 nitrogen and oxygen atoms in total. The summed E-state index contributed by atoms with van der Waals surface area (Å²) in [4.78, 5) is 59.4. The molecule has 6 atom stereocenters. The molecule has 0 radical (unpaired) electrons. The molecular formula is C39H32ClFN2O6. The van der Waals surface area contributed by atoms with Crippen LogP contribution in [-0.2, 0) is 25.6 Å². The van der Waals surface area contributed by atoms with Crippen molar-refractivity contribution in [1.29, 1.82) is 0 Å². The quantitative estimate of drug-likeness (QED) is 0.184. The van der Waals surface area contributed by atoms with Crippen LogP contribution in [0.2, 0.25) is 5.02 Å². The molecule has 0 bridgehead atoms. The summed E-state index contributed by atoms with van der Waals surface area (Å²) in [6, 6.07) is 21.3. The predicted molar refractivity (Wildman–Crippen MR) is 180 cm³/mol. The molecule has 248 valence electrons. The minimum Gasteiger partial charge on any atom is -0.508 e. The lowest BCUT2D eigenvalue weighted by Crippen LogP contribution is -2.49. The predicted octanol–water partition coefficient (Wildman–Crippen LogP) is 6.52. The Bertz CT molecular complexity index is 2130. The molecule has 0 aromatic heterocycles. The van der Waals surface area contributed by atoms with Crippen molar-refractivity contribution in [3.05, 3.63) is 112 Å². The minimum absolute atomic E-state index is 0.0142. The van der Waals surface area contributed by atoms with Crippen molar-refractivity contribution in [2.45, 2.75) is 32.1 Å². The van der Waals surface area contributed by atoms with Crippen molar-refractivity contribution in [2.24, 2.45) is 29.1 Å². The number of hydrogen-bond donors (Lipinski definition) is 2. The number of carbonyl (C=O) groups is 4. The van der Waals surface area contributed by atoms with E-state index in [-0.39, 0.29) is 53.4 Å². The van der Waals surface area contributed by atoms with Gasteiger partial charge in [-0.2, -0.15) is 0 Å². The summed E-state index contributed by atoms with van der Waals surface area (Å²) in [6.45, 7) is 1.90. The average molecular weight is 679 g/mol. The van der Waals surface area contributed by atoms with Crippen molar-refractivity contribution in [1.82, 2.24) is 4.90 Å². The van der Waals surface area contributed by atoms with E-state index in [1.54, 1.807) is 43.3 Å². The molecule has 0 spiro atoms. The van der Waals surface area contributed by atoms with Gasteiger partial charge >= 0.3 is 0 Å². The Morgan fingerprint density at radius 2 is 1.65 bits per heavy atom. The fourth-order valence-electron chi connectivity index (χ4n) is 8.92. The van der Waals surface area contributed by atoms with E-state index < -0.39 is 52.6 Å². The van der Waals surface area contributed by atoms with Crippen LogP contribution in [0.1, 0.15) is 36.8 Å². The lowest BCUT2D eigenvalue weighted by Gasteiger charge is -2.49. The van der Waals surface area contributed by atoms with Gasteiger partial charge in [-0.1, -0.05) is 71.8 Å². The van der Waals surface area contributed by atoms with E-state index in [0.29, 0.717) is 17.4 Å². The van der Waals surface area contributed by atoms with Crippen LogP contribution in [0.25, 0.3) is 10.8 Å². The number of nitrogens with zero attached hydrogens (tertiary/aromatic N) is 2. The molecule has 2 saturated heterocycles. The van der Waals surface area contributed by atoms with Crippen LogP contribution in [0.5, 0.6) is 11.5 Å². The van der Waals surface area contributed by atoms with Crippen LogP contribution in [0.15, 0.2) is 90.5 Å². The van der Waals surface area contributed by atoms with Crippen molar-refractivity contribution >= 4 is 51.7 Å². The summed E-state index contributed by atoms with van der Waals surface area (Å²) < 4.78 is 14.2. The van der Waals surface area contributed by atoms with Crippen molar-refractivity contribution in [3.63, 3.8) is 0 Å². The summed E-state index contributed by atoms with van der Waals surface area (Å²) in [5, 5.41) is 22.6. The van der Waals surface area contributed by atoms with E-state index in [0.717, 1.165) is 27.5 Å². The van der Waals surface area contributed by atoms with Gasteiger partial charge in [-0.25, -0.2) is 9.29 Å². The third kappa shape index (κ3) is 4.55. The maximum Gasteiger partial charge on any atom is 0.241 e. The second kappa shape index (κ2) is 11.3. The highest BCUT2D eigenvalue weighted by atomic mass is 35.5. The summed E-state index contributed by atoms with van der Waals surface area (Å²) in [6.07, 6.45) is 2.78. The molecule has 8 rings (SSSR count). The number of aromatic hydroxyl groups is 2. The number of imide groups is 2. The van der Waals surface area contributed by atoms with Gasteiger partial charge in [0.2, 0.25) is 23.6 Å². The number of benzene rings is 4. The minimum atomic E-state index is -1.38. The third-order valence-corrected chi connectivity index (χ3v) is 11.6. The number of hydrogen-bond acceptors (Lipinski definition) is 6. The smallest absolute Gasteiger partial charge is 0.241 e. The van der Waals surface area contributed by atoms with Crippen LogP contribution in [-0.4, -0.2) is 45.3 Å². The number of anilines is 1. The van der Waals surface area contributed by atoms with E-state index in [4.69, 9.17) is 11.6 Å². The summed E-state index contributed by atoms with van der Waals surface area (Å²) in [5.74, 6) is -5.76. The Morgan fingerprint density at radius 3 is 2.41 bits per heavy atom. The van der Waals surface area contributed by atoms with Gasteiger partial charge in [0, 0.05) is 23.4 Å². The largest absolute Gasteiger partial charge is 0.508 e. The zero-order valence-corrected chi connectivity index (χ0v) is 27.2. The Kier molecular flexibility index (Phi) is 7.19. The monoisotopic (exact) mass is 678 g/mol. The van der Waals surface area contributed by atoms with Gasteiger partial charge in [0.25, 0.3) is 0 Å². The number of likely N-dealkylation sites (tertiary alicyclic amines) is 1. The number of phenolic OH excluding ortho intramolecular Hbond substituents is 2. The highest BCUT2D eigenvalue weighted by molar-refractivity contribution is 6.31.